The number of benzene rings is 1. The Hall–Kier alpha value is -1.67. The molecule has 0 spiro atoms. The molecule has 6 rings (SSSR count). The lowest BCUT2D eigenvalue weighted by Gasteiger charge is -2.54. The summed E-state index contributed by atoms with van der Waals surface area (Å²) in [5, 5.41) is 3.78. The second kappa shape index (κ2) is 6.57. The maximum Gasteiger partial charge on any atom is 0.0346 e. The molecule has 4 bridgehead atoms. The number of nitrogens with one attached hydrogen (secondary N) is 1. The molecule has 0 unspecified atom stereocenters. The third-order valence-electron chi connectivity index (χ3n) is 7.08. The summed E-state index contributed by atoms with van der Waals surface area (Å²) in [5.41, 5.74) is 3.82. The van der Waals surface area contributed by atoms with Crippen molar-refractivity contribution in [1.29, 1.82) is 0 Å². The van der Waals surface area contributed by atoms with E-state index in [9.17, 15) is 0 Å². The molecule has 2 aromatic rings. The molecule has 0 radical (unpaired) electrons. The van der Waals surface area contributed by atoms with E-state index < -0.39 is 0 Å². The van der Waals surface area contributed by atoms with Crippen LogP contribution in [0, 0.1) is 29.6 Å². The molecule has 4 fully saturated rings. The number of rotatable bonds is 5. The van der Waals surface area contributed by atoms with Crippen molar-refractivity contribution in [2.24, 2.45) is 29.6 Å². The van der Waals surface area contributed by atoms with E-state index >= 15 is 0 Å². The number of aromatic nitrogens is 1. The predicted molar refractivity (Wildman–Crippen MR) is 102 cm³/mol. The zero-order valence-electron chi connectivity index (χ0n) is 14.9. The van der Waals surface area contributed by atoms with E-state index in [0.29, 0.717) is 0 Å². The minimum Gasteiger partial charge on any atom is -0.312 e. The minimum atomic E-state index is 0.947. The van der Waals surface area contributed by atoms with Crippen molar-refractivity contribution >= 4 is 0 Å². The van der Waals surface area contributed by atoms with Crippen LogP contribution in [0.4, 0.5) is 0 Å². The Morgan fingerprint density at radius 3 is 2.20 bits per heavy atom. The topological polar surface area (TPSA) is 24.9 Å². The lowest BCUT2D eigenvalue weighted by molar-refractivity contribution is -0.0355. The van der Waals surface area contributed by atoms with Crippen molar-refractivity contribution in [3.63, 3.8) is 0 Å². The molecule has 1 heterocycles. The monoisotopic (exact) mass is 332 g/mol. The van der Waals surface area contributed by atoms with Crippen LogP contribution >= 0.6 is 0 Å². The van der Waals surface area contributed by atoms with Crippen LogP contribution in [-0.4, -0.2) is 11.5 Å². The van der Waals surface area contributed by atoms with E-state index in [1.165, 1.54) is 48.9 Å². The van der Waals surface area contributed by atoms with Gasteiger partial charge in [0, 0.05) is 18.9 Å². The molecule has 4 aliphatic carbocycles. The lowest BCUT2D eigenvalue weighted by Crippen LogP contribution is -2.48. The van der Waals surface area contributed by atoms with Crippen LogP contribution in [0.1, 0.15) is 37.7 Å². The summed E-state index contributed by atoms with van der Waals surface area (Å²) < 4.78 is 0. The SMILES string of the molecule is c1cncc(-c2ccc(CNCC3C4CC5CC(C4)CC3C5)cc2)c1. The van der Waals surface area contributed by atoms with Gasteiger partial charge in [-0.05, 0) is 91.0 Å². The van der Waals surface area contributed by atoms with Crippen molar-refractivity contribution < 1.29 is 0 Å². The summed E-state index contributed by atoms with van der Waals surface area (Å²) in [6, 6.07) is 13.1. The highest BCUT2D eigenvalue weighted by Gasteiger charge is 2.47. The fourth-order valence-corrected chi connectivity index (χ4v) is 6.10. The highest BCUT2D eigenvalue weighted by atomic mass is 14.9. The molecule has 4 aliphatic rings. The minimum absolute atomic E-state index is 0.947. The average molecular weight is 332 g/mol. The number of nitrogens with zero attached hydrogens (tertiary/aromatic N) is 1. The Bertz CT molecular complexity index is 679. The fourth-order valence-electron chi connectivity index (χ4n) is 6.10. The van der Waals surface area contributed by atoms with Crippen LogP contribution in [0.3, 0.4) is 0 Å². The van der Waals surface area contributed by atoms with Crippen LogP contribution in [0.25, 0.3) is 11.1 Å². The molecular formula is C23H28N2. The summed E-state index contributed by atoms with van der Waals surface area (Å²) >= 11 is 0. The third kappa shape index (κ3) is 3.13. The molecule has 25 heavy (non-hydrogen) atoms. The average Bonchev–Trinajstić information content (AvgIpc) is 2.65. The van der Waals surface area contributed by atoms with E-state index in [2.05, 4.69) is 40.6 Å². The number of pyridine rings is 1. The first-order valence-electron chi connectivity index (χ1n) is 10.0. The van der Waals surface area contributed by atoms with E-state index in [0.717, 1.165) is 36.1 Å². The van der Waals surface area contributed by atoms with Crippen LogP contribution < -0.4 is 5.32 Å². The standard InChI is InChI=1S/C23H28N2/c1-2-20(14-24-7-1)19-5-3-16(4-6-19)13-25-15-23-21-9-17-8-18(11-21)12-22(23)10-17/h1-7,14,17-18,21-23,25H,8-13,15H2. The van der Waals surface area contributed by atoms with Crippen molar-refractivity contribution in [2.75, 3.05) is 6.54 Å². The van der Waals surface area contributed by atoms with E-state index in [4.69, 9.17) is 0 Å². The van der Waals surface area contributed by atoms with Gasteiger partial charge in [0.2, 0.25) is 0 Å². The Labute approximate surface area is 151 Å². The number of hydrogen-bond acceptors (Lipinski definition) is 2. The molecule has 1 aromatic carbocycles. The van der Waals surface area contributed by atoms with Gasteiger partial charge in [-0.1, -0.05) is 30.3 Å². The van der Waals surface area contributed by atoms with Gasteiger partial charge in [0.15, 0.2) is 0 Å². The van der Waals surface area contributed by atoms with Crippen LogP contribution in [0.15, 0.2) is 48.8 Å². The molecule has 2 nitrogen and oxygen atoms in total. The first-order valence-corrected chi connectivity index (χ1v) is 10.0. The van der Waals surface area contributed by atoms with Crippen molar-refractivity contribution in [3.8, 4) is 11.1 Å². The lowest BCUT2D eigenvalue weighted by atomic mass is 9.52. The summed E-state index contributed by atoms with van der Waals surface area (Å²) in [7, 11) is 0. The van der Waals surface area contributed by atoms with Gasteiger partial charge in [0.1, 0.15) is 0 Å². The smallest absolute Gasteiger partial charge is 0.0346 e. The molecule has 4 saturated carbocycles. The van der Waals surface area contributed by atoms with Crippen molar-refractivity contribution in [3.05, 3.63) is 54.4 Å². The van der Waals surface area contributed by atoms with E-state index in [1.54, 1.807) is 6.42 Å². The fraction of sp³-hybridized carbons (Fsp3) is 0.522. The first-order chi connectivity index (χ1) is 12.3. The Balaban J connectivity index is 1.17. The normalized spacial score (nSPS) is 32.9. The van der Waals surface area contributed by atoms with Gasteiger partial charge in [-0.15, -0.1) is 0 Å². The summed E-state index contributed by atoms with van der Waals surface area (Å²) in [5.74, 6) is 5.16. The highest BCUT2D eigenvalue weighted by Crippen LogP contribution is 2.56. The Morgan fingerprint density at radius 1 is 0.840 bits per heavy atom. The van der Waals surface area contributed by atoms with Gasteiger partial charge < -0.3 is 5.32 Å². The molecule has 0 atom stereocenters. The zero-order chi connectivity index (χ0) is 16.6. The summed E-state index contributed by atoms with van der Waals surface area (Å²) in [4.78, 5) is 4.21. The van der Waals surface area contributed by atoms with Gasteiger partial charge in [-0.3, -0.25) is 4.98 Å². The second-order valence-corrected chi connectivity index (χ2v) is 8.66. The first kappa shape index (κ1) is 15.6. The molecule has 1 N–H and O–H groups in total. The quantitative estimate of drug-likeness (QED) is 0.841. The molecular weight excluding hydrogens is 304 g/mol. The van der Waals surface area contributed by atoms with E-state index in [1.807, 2.05) is 18.5 Å². The molecule has 0 saturated heterocycles. The summed E-state index contributed by atoms with van der Waals surface area (Å²) in [6.45, 7) is 2.22. The van der Waals surface area contributed by atoms with Gasteiger partial charge in [0.05, 0.1) is 0 Å². The van der Waals surface area contributed by atoms with Crippen LogP contribution in [0.5, 0.6) is 0 Å². The second-order valence-electron chi connectivity index (χ2n) is 8.66. The molecule has 130 valence electrons. The molecule has 1 aromatic heterocycles. The third-order valence-corrected chi connectivity index (χ3v) is 7.08. The van der Waals surface area contributed by atoms with Crippen molar-refractivity contribution in [2.45, 2.75) is 38.6 Å². The molecule has 0 aliphatic heterocycles. The predicted octanol–water partition coefficient (Wildman–Crippen LogP) is 4.91. The molecule has 0 amide bonds. The van der Waals surface area contributed by atoms with Crippen LogP contribution in [0.2, 0.25) is 0 Å². The van der Waals surface area contributed by atoms with Crippen molar-refractivity contribution in [1.82, 2.24) is 10.3 Å². The maximum atomic E-state index is 4.21. The van der Waals surface area contributed by atoms with Gasteiger partial charge in [-0.2, -0.15) is 0 Å². The largest absolute Gasteiger partial charge is 0.312 e. The maximum absolute atomic E-state index is 4.21. The summed E-state index contributed by atoms with van der Waals surface area (Å²) in [6.07, 6.45) is 11.4. The zero-order valence-corrected chi connectivity index (χ0v) is 14.9. The van der Waals surface area contributed by atoms with E-state index in [-0.39, 0.29) is 0 Å². The molecule has 2 heteroatoms. The van der Waals surface area contributed by atoms with Gasteiger partial charge in [0.25, 0.3) is 0 Å². The van der Waals surface area contributed by atoms with Crippen LogP contribution in [-0.2, 0) is 6.54 Å². The number of hydrogen-bond donors (Lipinski definition) is 1. The Kier molecular flexibility index (Phi) is 4.09. The van der Waals surface area contributed by atoms with Gasteiger partial charge in [-0.25, -0.2) is 0 Å². The highest BCUT2D eigenvalue weighted by molar-refractivity contribution is 5.62. The Morgan fingerprint density at radius 2 is 1.56 bits per heavy atom. The van der Waals surface area contributed by atoms with Gasteiger partial charge >= 0.3 is 0 Å².